The van der Waals surface area contributed by atoms with Gasteiger partial charge in [0.1, 0.15) is 0 Å². The molecule has 5 nitrogen and oxygen atoms in total. The quantitative estimate of drug-likeness (QED) is 0.750. The lowest BCUT2D eigenvalue weighted by molar-refractivity contribution is -0.143. The summed E-state index contributed by atoms with van der Waals surface area (Å²) in [6, 6.07) is 9.36. The Kier molecular flexibility index (Phi) is 12.4. The molecule has 1 aromatic carbocycles. The number of carboxylic acid groups (broad SMARTS) is 1. The summed E-state index contributed by atoms with van der Waals surface area (Å²) >= 11 is 0. The number of aliphatic carboxylic acids is 1. The van der Waals surface area contributed by atoms with Crippen LogP contribution in [0.4, 0.5) is 0 Å². The van der Waals surface area contributed by atoms with Crippen LogP contribution < -0.4 is 11.1 Å². The fourth-order valence-corrected chi connectivity index (χ4v) is 2.78. The lowest BCUT2D eigenvalue weighted by atomic mass is 9.79. The van der Waals surface area contributed by atoms with Gasteiger partial charge in [-0.1, -0.05) is 45.9 Å². The molecule has 0 saturated heterocycles. The maximum Gasteiger partial charge on any atom is 0.306 e. The smallest absolute Gasteiger partial charge is 0.306 e. The summed E-state index contributed by atoms with van der Waals surface area (Å²) in [6.45, 7) is 10.1. The normalized spacial score (nSPS) is 22.6. The number of benzene rings is 1. The van der Waals surface area contributed by atoms with Crippen LogP contribution in [0, 0.1) is 11.8 Å². The molecule has 2 rings (SSSR count). The van der Waals surface area contributed by atoms with Gasteiger partial charge in [0.15, 0.2) is 0 Å². The standard InChI is InChI=1S/C15H19NO3.C4H11N.C2H6/c1-10-7-12(15(18)19)9-13(8-10)16-14(17)11-5-3-2-4-6-11;1-3-4(2)5;1-2/h2-6,10,12-13H,7-9H2,1H3,(H,16,17)(H,18,19);4H,3,5H2,1-2H3;1-2H3. The average molecular weight is 365 g/mol. The van der Waals surface area contributed by atoms with Gasteiger partial charge >= 0.3 is 5.97 Å². The fourth-order valence-electron chi connectivity index (χ4n) is 2.78. The van der Waals surface area contributed by atoms with E-state index in [0.29, 0.717) is 30.4 Å². The van der Waals surface area contributed by atoms with Crippen LogP contribution in [0.25, 0.3) is 0 Å². The zero-order chi connectivity index (χ0) is 20.1. The molecule has 0 aliphatic heterocycles. The third kappa shape index (κ3) is 9.56. The molecule has 0 heterocycles. The third-order valence-electron chi connectivity index (χ3n) is 4.31. The molecule has 4 N–H and O–H groups in total. The highest BCUT2D eigenvalue weighted by atomic mass is 16.4. The first kappa shape index (κ1) is 24.1. The van der Waals surface area contributed by atoms with Gasteiger partial charge in [0, 0.05) is 17.6 Å². The highest BCUT2D eigenvalue weighted by Crippen LogP contribution is 2.29. The van der Waals surface area contributed by atoms with Gasteiger partial charge in [-0.3, -0.25) is 9.59 Å². The molecule has 1 aromatic rings. The van der Waals surface area contributed by atoms with Crippen molar-refractivity contribution >= 4 is 11.9 Å². The summed E-state index contributed by atoms with van der Waals surface area (Å²) in [4.78, 5) is 23.1. The van der Waals surface area contributed by atoms with Crippen molar-refractivity contribution in [2.24, 2.45) is 17.6 Å². The van der Waals surface area contributed by atoms with Gasteiger partial charge in [0.05, 0.1) is 5.92 Å². The van der Waals surface area contributed by atoms with Gasteiger partial charge in [0.25, 0.3) is 5.91 Å². The van der Waals surface area contributed by atoms with E-state index in [1.165, 1.54) is 0 Å². The minimum absolute atomic E-state index is 0.0439. The molecule has 4 atom stereocenters. The van der Waals surface area contributed by atoms with E-state index in [1.54, 1.807) is 12.1 Å². The second kappa shape index (κ2) is 13.3. The highest BCUT2D eigenvalue weighted by molar-refractivity contribution is 5.94. The third-order valence-corrected chi connectivity index (χ3v) is 4.31. The molecule has 1 saturated carbocycles. The second-order valence-corrected chi connectivity index (χ2v) is 6.77. The van der Waals surface area contributed by atoms with Crippen LogP contribution in [-0.2, 0) is 4.79 Å². The van der Waals surface area contributed by atoms with Crippen LogP contribution in [0.2, 0.25) is 0 Å². The second-order valence-electron chi connectivity index (χ2n) is 6.77. The fraction of sp³-hybridized carbons (Fsp3) is 0.619. The Morgan fingerprint density at radius 3 is 2.19 bits per heavy atom. The Labute approximate surface area is 158 Å². The number of amides is 1. The van der Waals surface area contributed by atoms with Crippen LogP contribution in [0.5, 0.6) is 0 Å². The molecule has 0 spiro atoms. The van der Waals surface area contributed by atoms with Crippen molar-refractivity contribution in [2.75, 3.05) is 0 Å². The molecule has 1 fully saturated rings. The van der Waals surface area contributed by atoms with Crippen LogP contribution in [0.3, 0.4) is 0 Å². The topological polar surface area (TPSA) is 92.4 Å². The Morgan fingerprint density at radius 2 is 1.73 bits per heavy atom. The maximum atomic E-state index is 12.0. The Bertz CT molecular complexity index is 517. The Balaban J connectivity index is 0.000000772. The van der Waals surface area contributed by atoms with Gasteiger partial charge in [0.2, 0.25) is 0 Å². The zero-order valence-corrected chi connectivity index (χ0v) is 16.9. The first-order chi connectivity index (χ1) is 12.3. The number of carbonyl (C=O) groups is 2. The molecular weight excluding hydrogens is 328 g/mol. The molecule has 26 heavy (non-hydrogen) atoms. The van der Waals surface area contributed by atoms with Crippen molar-refractivity contribution in [3.05, 3.63) is 35.9 Å². The van der Waals surface area contributed by atoms with Gasteiger partial charge < -0.3 is 16.2 Å². The number of carbonyl (C=O) groups excluding carboxylic acids is 1. The lowest BCUT2D eigenvalue weighted by Gasteiger charge is -2.31. The lowest BCUT2D eigenvalue weighted by Crippen LogP contribution is -2.42. The van der Waals surface area contributed by atoms with Crippen LogP contribution in [-0.4, -0.2) is 29.1 Å². The van der Waals surface area contributed by atoms with E-state index < -0.39 is 5.97 Å². The summed E-state index contributed by atoms with van der Waals surface area (Å²) in [5, 5.41) is 12.1. The van der Waals surface area contributed by atoms with Gasteiger partial charge in [-0.2, -0.15) is 0 Å². The highest BCUT2D eigenvalue weighted by Gasteiger charge is 2.31. The number of nitrogens with one attached hydrogen (secondary N) is 1. The number of carboxylic acids is 1. The van der Waals surface area contributed by atoms with E-state index in [0.717, 1.165) is 12.8 Å². The molecule has 1 amide bonds. The van der Waals surface area contributed by atoms with Crippen LogP contribution in [0.15, 0.2) is 30.3 Å². The summed E-state index contributed by atoms with van der Waals surface area (Å²) in [5.74, 6) is -0.893. The molecular formula is C21H36N2O3. The molecule has 0 bridgehead atoms. The summed E-state index contributed by atoms with van der Waals surface area (Å²) in [6.07, 6.45) is 3.16. The molecule has 0 aromatic heterocycles. The van der Waals surface area contributed by atoms with Crippen molar-refractivity contribution in [2.45, 2.75) is 72.4 Å². The van der Waals surface area contributed by atoms with E-state index in [9.17, 15) is 9.59 Å². The average Bonchev–Trinajstić information content (AvgIpc) is 2.64. The van der Waals surface area contributed by atoms with Crippen molar-refractivity contribution in [1.82, 2.24) is 5.32 Å². The minimum atomic E-state index is -0.759. The van der Waals surface area contributed by atoms with E-state index >= 15 is 0 Å². The van der Waals surface area contributed by atoms with Crippen molar-refractivity contribution in [3.63, 3.8) is 0 Å². The van der Waals surface area contributed by atoms with Gasteiger partial charge in [-0.25, -0.2) is 0 Å². The minimum Gasteiger partial charge on any atom is -0.481 e. The first-order valence-electron chi connectivity index (χ1n) is 9.67. The largest absolute Gasteiger partial charge is 0.481 e. The molecule has 5 heteroatoms. The predicted molar refractivity (Wildman–Crippen MR) is 107 cm³/mol. The molecule has 1 aliphatic rings. The molecule has 0 radical (unpaired) electrons. The summed E-state index contributed by atoms with van der Waals surface area (Å²) < 4.78 is 0. The van der Waals surface area contributed by atoms with E-state index in [2.05, 4.69) is 12.2 Å². The van der Waals surface area contributed by atoms with Crippen molar-refractivity contribution < 1.29 is 14.7 Å². The van der Waals surface area contributed by atoms with Gasteiger partial charge in [-0.15, -0.1) is 0 Å². The van der Waals surface area contributed by atoms with Crippen molar-refractivity contribution in [1.29, 1.82) is 0 Å². The molecule has 4 unspecified atom stereocenters. The Hall–Kier alpha value is -1.88. The van der Waals surface area contributed by atoms with Gasteiger partial charge in [-0.05, 0) is 50.7 Å². The summed E-state index contributed by atoms with van der Waals surface area (Å²) in [5.41, 5.74) is 5.91. The number of rotatable bonds is 4. The van der Waals surface area contributed by atoms with Crippen LogP contribution >= 0.6 is 0 Å². The predicted octanol–water partition coefficient (Wildman–Crippen LogP) is 4.08. The van der Waals surface area contributed by atoms with Crippen molar-refractivity contribution in [3.8, 4) is 0 Å². The Morgan fingerprint density at radius 1 is 1.19 bits per heavy atom. The summed E-state index contributed by atoms with van der Waals surface area (Å²) in [7, 11) is 0. The molecule has 1 aliphatic carbocycles. The number of hydrogen-bond acceptors (Lipinski definition) is 3. The van der Waals surface area contributed by atoms with E-state index in [4.69, 9.17) is 10.8 Å². The molecule has 148 valence electrons. The number of nitrogens with two attached hydrogens (primary N) is 1. The number of hydrogen-bond donors (Lipinski definition) is 3. The maximum absolute atomic E-state index is 12.0. The first-order valence-corrected chi connectivity index (χ1v) is 9.67. The van der Waals surface area contributed by atoms with Crippen LogP contribution in [0.1, 0.15) is 70.7 Å². The van der Waals surface area contributed by atoms with E-state index in [-0.39, 0.29) is 17.9 Å². The monoisotopic (exact) mass is 364 g/mol. The SMILES string of the molecule is CC.CC1CC(NC(=O)c2ccccc2)CC(C(=O)O)C1.CCC(C)N. The zero-order valence-electron chi connectivity index (χ0n) is 16.9. The van der Waals surface area contributed by atoms with E-state index in [1.807, 2.05) is 45.9 Å².